The Labute approximate surface area is 214 Å². The van der Waals surface area contributed by atoms with Crippen molar-refractivity contribution in [1.82, 2.24) is 19.8 Å². The fraction of sp³-hybridized carbons (Fsp3) is 0.448. The molecule has 3 N–H and O–H groups in total. The van der Waals surface area contributed by atoms with Crippen LogP contribution in [0, 0.1) is 6.92 Å². The third-order valence-corrected chi connectivity index (χ3v) is 6.94. The van der Waals surface area contributed by atoms with E-state index in [9.17, 15) is 4.79 Å². The molecule has 1 aromatic carbocycles. The molecular weight excluding hydrogens is 450 g/mol. The van der Waals surface area contributed by atoms with Crippen LogP contribution in [-0.2, 0) is 18.2 Å². The van der Waals surface area contributed by atoms with Gasteiger partial charge in [-0.2, -0.15) is 0 Å². The van der Waals surface area contributed by atoms with Crippen LogP contribution < -0.4 is 11.1 Å². The third-order valence-electron chi connectivity index (χ3n) is 6.94. The van der Waals surface area contributed by atoms with Crippen molar-refractivity contribution in [1.29, 1.82) is 0 Å². The summed E-state index contributed by atoms with van der Waals surface area (Å²) in [6.07, 6.45) is 14.7. The molecule has 7 nitrogen and oxygen atoms in total. The topological polar surface area (TPSA) is 85.4 Å². The summed E-state index contributed by atoms with van der Waals surface area (Å²) in [5.74, 6) is 0.262. The number of nitrogens with one attached hydrogen (secondary N) is 1. The number of rotatable bonds is 9. The lowest BCUT2D eigenvalue weighted by molar-refractivity contribution is 0.0769. The molecular formula is C29H39N5O2. The summed E-state index contributed by atoms with van der Waals surface area (Å²) in [7, 11) is 2.05. The molecule has 1 aromatic heterocycles. The van der Waals surface area contributed by atoms with Gasteiger partial charge in [-0.1, -0.05) is 35.9 Å². The van der Waals surface area contributed by atoms with E-state index >= 15 is 0 Å². The summed E-state index contributed by atoms with van der Waals surface area (Å²) in [4.78, 5) is 18.6. The molecule has 0 saturated heterocycles. The van der Waals surface area contributed by atoms with Crippen LogP contribution in [0.15, 0.2) is 60.7 Å². The van der Waals surface area contributed by atoms with Crippen molar-refractivity contribution in [3.8, 4) is 0 Å². The molecule has 1 amide bonds. The molecule has 2 atom stereocenters. The molecule has 36 heavy (non-hydrogen) atoms. The van der Waals surface area contributed by atoms with Crippen LogP contribution in [0.5, 0.6) is 0 Å². The largest absolute Gasteiger partial charge is 0.447 e. The Hall–Kier alpha value is -3.32. The lowest BCUT2D eigenvalue weighted by Gasteiger charge is -2.31. The first-order valence-corrected chi connectivity index (χ1v) is 12.9. The van der Waals surface area contributed by atoms with Crippen molar-refractivity contribution in [3.63, 3.8) is 0 Å². The Morgan fingerprint density at radius 2 is 2.14 bits per heavy atom. The van der Waals surface area contributed by atoms with Crippen LogP contribution >= 0.6 is 0 Å². The van der Waals surface area contributed by atoms with Gasteiger partial charge in [0.2, 0.25) is 0 Å². The number of ether oxygens (including phenoxy) is 1. The van der Waals surface area contributed by atoms with Crippen LogP contribution in [0.2, 0.25) is 0 Å². The number of nitrogens with two attached hydrogens (primary N) is 1. The average molecular weight is 490 g/mol. The molecule has 192 valence electrons. The Balaban J connectivity index is 1.62. The SMILES string of the molecule is Cc1ccc2c(c1)C(Cc1cncn1C)=CC1=CC=CNC1[C@H]2CCCN(CCN)C(=O)OC(C)C. The number of benzene rings is 1. The Bertz CT molecular complexity index is 1160. The van der Waals surface area contributed by atoms with E-state index in [1.807, 2.05) is 39.6 Å². The summed E-state index contributed by atoms with van der Waals surface area (Å²) < 4.78 is 7.53. The molecule has 1 unspecified atom stereocenters. The van der Waals surface area contributed by atoms with E-state index in [-0.39, 0.29) is 24.2 Å². The third kappa shape index (κ3) is 5.90. The normalized spacial score (nSPS) is 18.5. The van der Waals surface area contributed by atoms with Gasteiger partial charge in [0.1, 0.15) is 0 Å². The van der Waals surface area contributed by atoms with Gasteiger partial charge >= 0.3 is 6.09 Å². The smallest absolute Gasteiger partial charge is 0.410 e. The van der Waals surface area contributed by atoms with Crippen LogP contribution in [0.25, 0.3) is 5.57 Å². The molecule has 4 rings (SSSR count). The molecule has 1 aliphatic carbocycles. The van der Waals surface area contributed by atoms with Crippen molar-refractivity contribution >= 4 is 11.7 Å². The maximum Gasteiger partial charge on any atom is 0.410 e. The molecule has 2 aliphatic rings. The monoisotopic (exact) mass is 489 g/mol. The highest BCUT2D eigenvalue weighted by Gasteiger charge is 2.32. The van der Waals surface area contributed by atoms with Crippen molar-refractivity contribution in [2.75, 3.05) is 19.6 Å². The number of allylic oxidation sites excluding steroid dienone is 3. The fourth-order valence-electron chi connectivity index (χ4n) is 5.18. The summed E-state index contributed by atoms with van der Waals surface area (Å²) in [6.45, 7) is 7.43. The number of hydrogen-bond acceptors (Lipinski definition) is 5. The van der Waals surface area contributed by atoms with Gasteiger partial charge < -0.3 is 25.3 Å². The average Bonchev–Trinajstić information content (AvgIpc) is 3.19. The second-order valence-electron chi connectivity index (χ2n) is 10.1. The standard InChI is InChI=1S/C29H39N5O2/c1-20(2)36-29(35)34(14-11-30)13-6-8-26-25-10-9-21(3)15-27(25)23(17-24-18-31-19-33(24)4)16-22-7-5-12-32-28(22)26/h5,7,9-10,12,15-16,18-20,26,28,32H,6,8,11,13-14,17,30H2,1-4H3/t26-,28?/m0/s1. The van der Waals surface area contributed by atoms with Crippen LogP contribution in [0.1, 0.15) is 55.0 Å². The number of carbonyl (C=O) groups is 1. The van der Waals surface area contributed by atoms with E-state index in [2.05, 4.69) is 58.2 Å². The second kappa shape index (κ2) is 11.6. The Morgan fingerprint density at radius 3 is 2.86 bits per heavy atom. The molecule has 0 saturated carbocycles. The Morgan fingerprint density at radius 1 is 1.31 bits per heavy atom. The first kappa shape index (κ1) is 25.8. The number of nitrogens with zero attached hydrogens (tertiary/aromatic N) is 3. The summed E-state index contributed by atoms with van der Waals surface area (Å²) in [5, 5.41) is 3.63. The van der Waals surface area contributed by atoms with Gasteiger partial charge in [0, 0.05) is 50.9 Å². The van der Waals surface area contributed by atoms with E-state index in [0.29, 0.717) is 19.6 Å². The van der Waals surface area contributed by atoms with Gasteiger partial charge in [0.05, 0.1) is 18.5 Å². The number of aromatic nitrogens is 2. The predicted octanol–water partition coefficient (Wildman–Crippen LogP) is 4.45. The van der Waals surface area contributed by atoms with Crippen LogP contribution in [-0.4, -0.2) is 52.3 Å². The van der Waals surface area contributed by atoms with Gasteiger partial charge in [0.25, 0.3) is 0 Å². The highest BCUT2D eigenvalue weighted by atomic mass is 16.6. The second-order valence-corrected chi connectivity index (χ2v) is 10.1. The number of imidazole rings is 1. The number of carbonyl (C=O) groups excluding carboxylic acids is 1. The first-order valence-electron chi connectivity index (χ1n) is 12.9. The highest BCUT2D eigenvalue weighted by molar-refractivity contribution is 5.75. The molecule has 2 heterocycles. The summed E-state index contributed by atoms with van der Waals surface area (Å²) >= 11 is 0. The Kier molecular flexibility index (Phi) is 8.31. The zero-order valence-electron chi connectivity index (χ0n) is 21.9. The van der Waals surface area contributed by atoms with E-state index in [1.54, 1.807) is 4.90 Å². The maximum absolute atomic E-state index is 12.6. The van der Waals surface area contributed by atoms with Gasteiger partial charge in [-0.3, -0.25) is 0 Å². The van der Waals surface area contributed by atoms with Crippen molar-refractivity contribution in [2.24, 2.45) is 12.8 Å². The zero-order valence-corrected chi connectivity index (χ0v) is 21.9. The van der Waals surface area contributed by atoms with Crippen molar-refractivity contribution in [3.05, 3.63) is 83.1 Å². The fourth-order valence-corrected chi connectivity index (χ4v) is 5.18. The lowest BCUT2D eigenvalue weighted by Crippen LogP contribution is -2.38. The number of hydrogen-bond donors (Lipinski definition) is 2. The van der Waals surface area contributed by atoms with Crippen LogP contribution in [0.4, 0.5) is 4.79 Å². The number of amides is 1. The predicted molar refractivity (Wildman–Crippen MR) is 144 cm³/mol. The first-order chi connectivity index (χ1) is 17.4. The number of aryl methyl sites for hydroxylation is 2. The van der Waals surface area contributed by atoms with Crippen LogP contribution in [0.3, 0.4) is 0 Å². The zero-order chi connectivity index (χ0) is 25.7. The minimum Gasteiger partial charge on any atom is -0.447 e. The highest BCUT2D eigenvalue weighted by Crippen LogP contribution is 2.40. The van der Waals surface area contributed by atoms with Gasteiger partial charge in [-0.05, 0) is 68.2 Å². The minimum absolute atomic E-state index is 0.149. The summed E-state index contributed by atoms with van der Waals surface area (Å²) in [6, 6.07) is 6.99. The van der Waals surface area contributed by atoms with Gasteiger partial charge in [-0.15, -0.1) is 0 Å². The van der Waals surface area contributed by atoms with E-state index in [1.165, 1.54) is 33.5 Å². The van der Waals surface area contributed by atoms with Crippen molar-refractivity contribution in [2.45, 2.75) is 58.1 Å². The molecule has 1 aliphatic heterocycles. The molecule has 2 aromatic rings. The minimum atomic E-state index is -0.285. The molecule has 0 bridgehead atoms. The molecule has 0 radical (unpaired) electrons. The molecule has 0 spiro atoms. The maximum atomic E-state index is 12.6. The van der Waals surface area contributed by atoms with Gasteiger partial charge in [-0.25, -0.2) is 9.78 Å². The molecule has 7 heteroatoms. The van der Waals surface area contributed by atoms with Crippen molar-refractivity contribution < 1.29 is 9.53 Å². The number of fused-ring (bicyclic) bond motifs is 2. The quantitative estimate of drug-likeness (QED) is 0.544. The number of dihydropyridines is 1. The van der Waals surface area contributed by atoms with E-state index < -0.39 is 0 Å². The summed E-state index contributed by atoms with van der Waals surface area (Å²) in [5.41, 5.74) is 13.5. The van der Waals surface area contributed by atoms with Gasteiger partial charge in [0.15, 0.2) is 0 Å². The van der Waals surface area contributed by atoms with E-state index in [0.717, 1.165) is 19.3 Å². The molecule has 0 fully saturated rings. The lowest BCUT2D eigenvalue weighted by atomic mass is 9.82. The van der Waals surface area contributed by atoms with E-state index in [4.69, 9.17) is 10.5 Å².